The van der Waals surface area contributed by atoms with Crippen LogP contribution >= 0.6 is 11.3 Å². The van der Waals surface area contributed by atoms with Crippen LogP contribution in [0.1, 0.15) is 22.2 Å². The fourth-order valence-electron chi connectivity index (χ4n) is 1.89. The van der Waals surface area contributed by atoms with Crippen molar-refractivity contribution in [3.63, 3.8) is 0 Å². The zero-order chi connectivity index (χ0) is 14.7. The molecule has 2 amide bonds. The number of aromatic nitrogens is 1. The topological polar surface area (TPSA) is 74.0 Å². The van der Waals surface area contributed by atoms with Gasteiger partial charge in [0.25, 0.3) is 5.91 Å². The smallest absolute Gasteiger partial charge is 0.254 e. The Bertz CT molecular complexity index is 630. The molecule has 0 saturated carbocycles. The fraction of sp³-hybridized carbons (Fsp3) is 0.286. The van der Waals surface area contributed by atoms with Crippen LogP contribution in [0.4, 0.5) is 0 Å². The third kappa shape index (κ3) is 2.91. The first-order valence-corrected chi connectivity index (χ1v) is 7.10. The first-order valence-electron chi connectivity index (χ1n) is 6.29. The Labute approximate surface area is 121 Å². The number of rotatable bonds is 4. The van der Waals surface area contributed by atoms with E-state index in [-0.39, 0.29) is 11.8 Å². The zero-order valence-electron chi connectivity index (χ0n) is 11.6. The SMILES string of the molecule is CNC(=O)[C@@H](C)NC(=O)c1c[nH]cc1-c1ccc(C)s1. The Hall–Kier alpha value is -2.08. The summed E-state index contributed by atoms with van der Waals surface area (Å²) in [6, 6.07) is 3.43. The summed E-state index contributed by atoms with van der Waals surface area (Å²) in [5, 5.41) is 5.19. The van der Waals surface area contributed by atoms with E-state index in [0.717, 1.165) is 10.4 Å². The number of hydrogen-bond acceptors (Lipinski definition) is 3. The van der Waals surface area contributed by atoms with E-state index in [1.54, 1.807) is 37.7 Å². The highest BCUT2D eigenvalue weighted by molar-refractivity contribution is 7.15. The van der Waals surface area contributed by atoms with Crippen LogP contribution in [0, 0.1) is 6.92 Å². The molecule has 2 aromatic rings. The normalized spacial score (nSPS) is 11.9. The molecule has 0 saturated heterocycles. The number of carbonyl (C=O) groups is 2. The average Bonchev–Trinajstić information content (AvgIpc) is 3.05. The van der Waals surface area contributed by atoms with Crippen molar-refractivity contribution in [2.75, 3.05) is 7.05 Å². The molecule has 2 rings (SSSR count). The van der Waals surface area contributed by atoms with E-state index in [0.29, 0.717) is 5.56 Å². The Balaban J connectivity index is 2.20. The molecular formula is C14H17N3O2S. The summed E-state index contributed by atoms with van der Waals surface area (Å²) in [5.41, 5.74) is 1.40. The summed E-state index contributed by atoms with van der Waals surface area (Å²) >= 11 is 1.63. The average molecular weight is 291 g/mol. The fourth-order valence-corrected chi connectivity index (χ4v) is 2.79. The molecule has 0 aromatic carbocycles. The molecule has 0 fully saturated rings. The zero-order valence-corrected chi connectivity index (χ0v) is 12.4. The number of hydrogen-bond donors (Lipinski definition) is 3. The first kappa shape index (κ1) is 14.3. The van der Waals surface area contributed by atoms with E-state index >= 15 is 0 Å². The minimum Gasteiger partial charge on any atom is -0.366 e. The van der Waals surface area contributed by atoms with Gasteiger partial charge in [0.1, 0.15) is 6.04 Å². The lowest BCUT2D eigenvalue weighted by Gasteiger charge is -2.12. The molecule has 0 spiro atoms. The van der Waals surface area contributed by atoms with Crippen molar-refractivity contribution in [3.8, 4) is 10.4 Å². The Morgan fingerprint density at radius 3 is 2.65 bits per heavy atom. The van der Waals surface area contributed by atoms with E-state index in [1.807, 2.05) is 19.1 Å². The van der Waals surface area contributed by atoms with Crippen LogP contribution in [-0.2, 0) is 4.79 Å². The largest absolute Gasteiger partial charge is 0.366 e. The molecule has 1 atom stereocenters. The van der Waals surface area contributed by atoms with E-state index in [1.165, 1.54) is 4.88 Å². The molecule has 0 aliphatic carbocycles. The molecule has 106 valence electrons. The lowest BCUT2D eigenvalue weighted by molar-refractivity contribution is -0.122. The Morgan fingerprint density at radius 2 is 2.05 bits per heavy atom. The number of thiophene rings is 1. The molecule has 20 heavy (non-hydrogen) atoms. The highest BCUT2D eigenvalue weighted by atomic mass is 32.1. The molecule has 0 aliphatic heterocycles. The molecule has 5 nitrogen and oxygen atoms in total. The van der Waals surface area contributed by atoms with Gasteiger partial charge in [-0.05, 0) is 26.0 Å². The first-order chi connectivity index (χ1) is 9.52. The standard InChI is InChI=1S/C14H17N3O2S/c1-8-4-5-12(20-8)10-6-16-7-11(10)14(19)17-9(2)13(18)15-3/h4-7,9,16H,1-3H3,(H,15,18)(H,17,19)/t9-/m1/s1. The van der Waals surface area contributed by atoms with Gasteiger partial charge in [-0.2, -0.15) is 0 Å². The molecule has 0 radical (unpaired) electrons. The Morgan fingerprint density at radius 1 is 1.30 bits per heavy atom. The highest BCUT2D eigenvalue weighted by Gasteiger charge is 2.19. The van der Waals surface area contributed by atoms with Crippen LogP contribution in [0.25, 0.3) is 10.4 Å². The van der Waals surface area contributed by atoms with Crippen LogP contribution < -0.4 is 10.6 Å². The van der Waals surface area contributed by atoms with Gasteiger partial charge in [0.15, 0.2) is 0 Å². The van der Waals surface area contributed by atoms with E-state index in [9.17, 15) is 9.59 Å². The van der Waals surface area contributed by atoms with Gasteiger partial charge in [0.05, 0.1) is 5.56 Å². The van der Waals surface area contributed by atoms with Crippen molar-refractivity contribution in [3.05, 3.63) is 35.0 Å². The number of likely N-dealkylation sites (N-methyl/N-ethyl adjacent to an activating group) is 1. The number of aryl methyl sites for hydroxylation is 1. The molecular weight excluding hydrogens is 274 g/mol. The maximum Gasteiger partial charge on any atom is 0.254 e. The van der Waals surface area contributed by atoms with Crippen LogP contribution in [0.3, 0.4) is 0 Å². The maximum absolute atomic E-state index is 12.2. The van der Waals surface area contributed by atoms with Crippen molar-refractivity contribution in [1.29, 1.82) is 0 Å². The summed E-state index contributed by atoms with van der Waals surface area (Å²) in [5.74, 6) is -0.481. The number of H-pyrrole nitrogens is 1. The van der Waals surface area contributed by atoms with Crippen molar-refractivity contribution >= 4 is 23.2 Å². The number of carbonyl (C=O) groups excluding carboxylic acids is 2. The summed E-state index contributed by atoms with van der Waals surface area (Å²) < 4.78 is 0. The summed E-state index contributed by atoms with van der Waals surface area (Å²) in [7, 11) is 1.54. The van der Waals surface area contributed by atoms with Gasteiger partial charge in [0.2, 0.25) is 5.91 Å². The molecule has 0 aliphatic rings. The molecule has 2 aromatic heterocycles. The minimum atomic E-state index is -0.569. The number of nitrogens with one attached hydrogen (secondary N) is 3. The summed E-state index contributed by atoms with van der Waals surface area (Å²) in [4.78, 5) is 28.8. The van der Waals surface area contributed by atoms with Gasteiger partial charge in [-0.3, -0.25) is 9.59 Å². The van der Waals surface area contributed by atoms with Crippen LogP contribution in [0.15, 0.2) is 24.5 Å². The van der Waals surface area contributed by atoms with Crippen LogP contribution in [-0.4, -0.2) is 29.9 Å². The quantitative estimate of drug-likeness (QED) is 0.805. The van der Waals surface area contributed by atoms with E-state index in [4.69, 9.17) is 0 Å². The van der Waals surface area contributed by atoms with E-state index < -0.39 is 6.04 Å². The predicted molar refractivity (Wildman–Crippen MR) is 79.8 cm³/mol. The van der Waals surface area contributed by atoms with Crippen molar-refractivity contribution in [2.24, 2.45) is 0 Å². The summed E-state index contributed by atoms with van der Waals surface area (Å²) in [6.07, 6.45) is 3.45. The molecule has 2 heterocycles. The molecule has 3 N–H and O–H groups in total. The second-order valence-corrected chi connectivity index (χ2v) is 5.79. The van der Waals surface area contributed by atoms with Crippen molar-refractivity contribution in [1.82, 2.24) is 15.6 Å². The molecule has 0 bridgehead atoms. The van der Waals surface area contributed by atoms with Gasteiger partial charge in [-0.25, -0.2) is 0 Å². The molecule has 0 unspecified atom stereocenters. The molecule has 6 heteroatoms. The second kappa shape index (κ2) is 5.92. The third-order valence-electron chi connectivity index (χ3n) is 2.98. The Kier molecular flexibility index (Phi) is 4.24. The number of aromatic amines is 1. The van der Waals surface area contributed by atoms with Crippen molar-refractivity contribution < 1.29 is 9.59 Å². The lowest BCUT2D eigenvalue weighted by Crippen LogP contribution is -2.43. The van der Waals surface area contributed by atoms with Gasteiger partial charge >= 0.3 is 0 Å². The van der Waals surface area contributed by atoms with Crippen molar-refractivity contribution in [2.45, 2.75) is 19.9 Å². The monoisotopic (exact) mass is 291 g/mol. The second-order valence-electron chi connectivity index (χ2n) is 4.50. The maximum atomic E-state index is 12.2. The van der Waals surface area contributed by atoms with E-state index in [2.05, 4.69) is 15.6 Å². The van der Waals surface area contributed by atoms with Gasteiger partial charge < -0.3 is 15.6 Å². The minimum absolute atomic E-state index is 0.220. The predicted octanol–water partition coefficient (Wildman–Crippen LogP) is 1.92. The lowest BCUT2D eigenvalue weighted by atomic mass is 10.1. The third-order valence-corrected chi connectivity index (χ3v) is 4.02. The summed E-state index contributed by atoms with van der Waals surface area (Å²) in [6.45, 7) is 3.67. The van der Waals surface area contributed by atoms with Gasteiger partial charge in [-0.15, -0.1) is 11.3 Å². The highest BCUT2D eigenvalue weighted by Crippen LogP contribution is 2.30. The van der Waals surface area contributed by atoms with Crippen LogP contribution in [0.2, 0.25) is 0 Å². The van der Waals surface area contributed by atoms with Crippen LogP contribution in [0.5, 0.6) is 0 Å². The number of amides is 2. The van der Waals surface area contributed by atoms with Gasteiger partial charge in [0, 0.05) is 34.8 Å². The van der Waals surface area contributed by atoms with Gasteiger partial charge in [-0.1, -0.05) is 0 Å².